The van der Waals surface area contributed by atoms with E-state index in [1.165, 1.54) is 6.42 Å². The van der Waals surface area contributed by atoms with E-state index in [1.807, 2.05) is 0 Å². The molecule has 18 heavy (non-hydrogen) atoms. The lowest BCUT2D eigenvalue weighted by Gasteiger charge is -2.31. The second-order valence-corrected chi connectivity index (χ2v) is 4.94. The molecule has 0 aromatic carbocycles. The minimum Gasteiger partial charge on any atom is -0.376 e. The van der Waals surface area contributed by atoms with Crippen molar-refractivity contribution in [2.75, 3.05) is 33.3 Å². The maximum Gasteiger partial charge on any atom is 0.241 e. The van der Waals surface area contributed by atoms with Gasteiger partial charge in [-0.3, -0.25) is 14.9 Å². The van der Waals surface area contributed by atoms with Gasteiger partial charge in [-0.25, -0.2) is 0 Å². The van der Waals surface area contributed by atoms with Gasteiger partial charge >= 0.3 is 0 Å². The molecule has 0 saturated carbocycles. The second-order valence-electron chi connectivity index (χ2n) is 4.94. The summed E-state index contributed by atoms with van der Waals surface area (Å²) in [5.74, 6) is -0.0403. The van der Waals surface area contributed by atoms with Gasteiger partial charge < -0.3 is 15.0 Å². The van der Waals surface area contributed by atoms with Gasteiger partial charge in [-0.2, -0.15) is 0 Å². The van der Waals surface area contributed by atoms with Gasteiger partial charge in [-0.05, 0) is 19.3 Å². The van der Waals surface area contributed by atoms with Crippen LogP contribution in [0, 0.1) is 0 Å². The minimum atomic E-state index is -0.309. The Labute approximate surface area is 107 Å². The van der Waals surface area contributed by atoms with E-state index in [0.29, 0.717) is 13.1 Å². The average Bonchev–Trinajstić information content (AvgIpc) is 2.40. The summed E-state index contributed by atoms with van der Waals surface area (Å²) in [4.78, 5) is 24.8. The molecule has 0 aromatic rings. The van der Waals surface area contributed by atoms with E-state index in [2.05, 4.69) is 10.6 Å². The molecule has 2 saturated heterocycles. The zero-order valence-electron chi connectivity index (χ0n) is 10.8. The topological polar surface area (TPSA) is 70.7 Å². The SMILES string of the molecule is CN(CC1CCCCO1)C(=O)C1CNC(=O)CN1. The van der Waals surface area contributed by atoms with Crippen LogP contribution in [0.2, 0.25) is 0 Å². The summed E-state index contributed by atoms with van der Waals surface area (Å²) >= 11 is 0. The standard InChI is InChI=1S/C12H21N3O3/c1-15(8-9-4-2-3-5-18-9)12(17)10-6-14-11(16)7-13-10/h9-10,13H,2-8H2,1H3,(H,14,16). The molecule has 102 valence electrons. The third-order valence-corrected chi connectivity index (χ3v) is 3.44. The highest BCUT2D eigenvalue weighted by Gasteiger charge is 2.27. The van der Waals surface area contributed by atoms with Crippen LogP contribution >= 0.6 is 0 Å². The molecular weight excluding hydrogens is 234 g/mol. The lowest BCUT2D eigenvalue weighted by Crippen LogP contribution is -2.58. The molecule has 2 aliphatic rings. The van der Waals surface area contributed by atoms with Crippen molar-refractivity contribution in [3.8, 4) is 0 Å². The zero-order valence-corrected chi connectivity index (χ0v) is 10.8. The third kappa shape index (κ3) is 3.43. The molecular formula is C12H21N3O3. The van der Waals surface area contributed by atoms with Crippen LogP contribution in [-0.2, 0) is 14.3 Å². The Bertz CT molecular complexity index is 306. The number of amides is 2. The molecule has 0 radical (unpaired) electrons. The summed E-state index contributed by atoms with van der Waals surface area (Å²) in [6, 6.07) is -0.309. The van der Waals surface area contributed by atoms with E-state index in [9.17, 15) is 9.59 Å². The van der Waals surface area contributed by atoms with Crippen LogP contribution in [0.3, 0.4) is 0 Å². The first-order chi connectivity index (χ1) is 8.66. The highest BCUT2D eigenvalue weighted by molar-refractivity contribution is 5.86. The van der Waals surface area contributed by atoms with Crippen molar-refractivity contribution in [3.05, 3.63) is 0 Å². The van der Waals surface area contributed by atoms with Gasteiger partial charge in [0.25, 0.3) is 0 Å². The molecule has 2 heterocycles. The molecule has 0 spiro atoms. The molecule has 0 aromatic heterocycles. The van der Waals surface area contributed by atoms with Crippen molar-refractivity contribution >= 4 is 11.8 Å². The molecule has 2 aliphatic heterocycles. The monoisotopic (exact) mass is 255 g/mol. The zero-order chi connectivity index (χ0) is 13.0. The number of nitrogens with zero attached hydrogens (tertiary/aromatic N) is 1. The van der Waals surface area contributed by atoms with Crippen molar-refractivity contribution < 1.29 is 14.3 Å². The predicted molar refractivity (Wildman–Crippen MR) is 66.0 cm³/mol. The number of rotatable bonds is 3. The number of nitrogens with one attached hydrogen (secondary N) is 2. The van der Waals surface area contributed by atoms with E-state index in [-0.39, 0.29) is 30.5 Å². The van der Waals surface area contributed by atoms with Crippen molar-refractivity contribution in [2.24, 2.45) is 0 Å². The fourth-order valence-electron chi connectivity index (χ4n) is 2.35. The maximum absolute atomic E-state index is 12.1. The van der Waals surface area contributed by atoms with Gasteiger partial charge in [-0.1, -0.05) is 0 Å². The number of carbonyl (C=O) groups excluding carboxylic acids is 2. The first kappa shape index (κ1) is 13.3. The van der Waals surface area contributed by atoms with Crippen LogP contribution in [0.5, 0.6) is 0 Å². The van der Waals surface area contributed by atoms with Crippen LogP contribution in [0.4, 0.5) is 0 Å². The molecule has 0 bridgehead atoms. The van der Waals surface area contributed by atoms with E-state index < -0.39 is 0 Å². The van der Waals surface area contributed by atoms with Crippen LogP contribution < -0.4 is 10.6 Å². The number of hydrogen-bond donors (Lipinski definition) is 2. The number of hydrogen-bond acceptors (Lipinski definition) is 4. The molecule has 6 nitrogen and oxygen atoms in total. The van der Waals surface area contributed by atoms with Gasteiger partial charge in [0.1, 0.15) is 6.04 Å². The first-order valence-corrected chi connectivity index (χ1v) is 6.53. The Morgan fingerprint density at radius 3 is 2.94 bits per heavy atom. The average molecular weight is 255 g/mol. The quantitative estimate of drug-likeness (QED) is 0.686. The molecule has 2 amide bonds. The number of ether oxygens (including phenoxy) is 1. The van der Waals surface area contributed by atoms with Gasteiger partial charge in [0, 0.05) is 26.7 Å². The van der Waals surface area contributed by atoms with Crippen molar-refractivity contribution in [2.45, 2.75) is 31.4 Å². The third-order valence-electron chi connectivity index (χ3n) is 3.44. The maximum atomic E-state index is 12.1. The van der Waals surface area contributed by atoms with Crippen LogP contribution in [0.15, 0.2) is 0 Å². The fraction of sp³-hybridized carbons (Fsp3) is 0.833. The van der Waals surface area contributed by atoms with E-state index in [0.717, 1.165) is 19.4 Å². The fourth-order valence-corrected chi connectivity index (χ4v) is 2.35. The Morgan fingerprint density at radius 2 is 2.33 bits per heavy atom. The normalized spacial score (nSPS) is 28.6. The lowest BCUT2D eigenvalue weighted by molar-refractivity contribution is -0.135. The highest BCUT2D eigenvalue weighted by atomic mass is 16.5. The summed E-state index contributed by atoms with van der Waals surface area (Å²) in [5.41, 5.74) is 0. The van der Waals surface area contributed by atoms with E-state index in [4.69, 9.17) is 4.74 Å². The summed E-state index contributed by atoms with van der Waals surface area (Å²) in [7, 11) is 1.79. The summed E-state index contributed by atoms with van der Waals surface area (Å²) in [5, 5.41) is 5.63. The summed E-state index contributed by atoms with van der Waals surface area (Å²) < 4.78 is 5.62. The summed E-state index contributed by atoms with van der Waals surface area (Å²) in [6.07, 6.45) is 3.47. The molecule has 2 rings (SSSR count). The molecule has 2 unspecified atom stereocenters. The highest BCUT2D eigenvalue weighted by Crippen LogP contribution is 2.13. The number of likely N-dealkylation sites (N-methyl/N-ethyl adjacent to an activating group) is 1. The van der Waals surface area contributed by atoms with E-state index in [1.54, 1.807) is 11.9 Å². The Kier molecular flexibility index (Phi) is 4.54. The number of carbonyl (C=O) groups is 2. The summed E-state index contributed by atoms with van der Waals surface area (Å²) in [6.45, 7) is 2.01. The van der Waals surface area contributed by atoms with Crippen molar-refractivity contribution in [3.63, 3.8) is 0 Å². The molecule has 6 heteroatoms. The van der Waals surface area contributed by atoms with Crippen LogP contribution in [-0.4, -0.2) is 62.1 Å². The van der Waals surface area contributed by atoms with E-state index >= 15 is 0 Å². The van der Waals surface area contributed by atoms with Crippen LogP contribution in [0.25, 0.3) is 0 Å². The van der Waals surface area contributed by atoms with Crippen LogP contribution in [0.1, 0.15) is 19.3 Å². The Morgan fingerprint density at radius 1 is 1.50 bits per heavy atom. The van der Waals surface area contributed by atoms with Gasteiger partial charge in [-0.15, -0.1) is 0 Å². The molecule has 2 N–H and O–H groups in total. The molecule has 2 atom stereocenters. The minimum absolute atomic E-state index is 0.0178. The first-order valence-electron chi connectivity index (χ1n) is 6.53. The van der Waals surface area contributed by atoms with Crippen molar-refractivity contribution in [1.82, 2.24) is 15.5 Å². The van der Waals surface area contributed by atoms with Gasteiger partial charge in [0.2, 0.25) is 11.8 Å². The van der Waals surface area contributed by atoms with Gasteiger partial charge in [0.05, 0.1) is 12.6 Å². The smallest absolute Gasteiger partial charge is 0.241 e. The largest absolute Gasteiger partial charge is 0.376 e. The predicted octanol–water partition coefficient (Wildman–Crippen LogP) is -0.898. The second kappa shape index (κ2) is 6.15. The number of piperazine rings is 1. The molecule has 2 fully saturated rings. The van der Waals surface area contributed by atoms with Gasteiger partial charge in [0.15, 0.2) is 0 Å². The lowest BCUT2D eigenvalue weighted by atomic mass is 10.1. The Hall–Kier alpha value is -1.14. The van der Waals surface area contributed by atoms with Crippen molar-refractivity contribution in [1.29, 1.82) is 0 Å². The Balaban J connectivity index is 1.78. The molecule has 0 aliphatic carbocycles.